The summed E-state index contributed by atoms with van der Waals surface area (Å²) in [7, 11) is 2.10. The zero-order chi connectivity index (χ0) is 14.9. The van der Waals surface area contributed by atoms with E-state index in [-0.39, 0.29) is 0 Å². The molecular weight excluding hydrogens is 256 g/mol. The van der Waals surface area contributed by atoms with Gasteiger partial charge in [0, 0.05) is 23.8 Å². The van der Waals surface area contributed by atoms with E-state index in [0.29, 0.717) is 11.5 Å². The second-order valence-electron chi connectivity index (χ2n) is 7.21. The number of hydrogen-bond donors (Lipinski definition) is 1. The van der Waals surface area contributed by atoms with Crippen molar-refractivity contribution in [1.29, 1.82) is 0 Å². The third kappa shape index (κ3) is 2.96. The molecule has 1 saturated carbocycles. The minimum absolute atomic E-state index is 0.451. The van der Waals surface area contributed by atoms with Crippen molar-refractivity contribution in [3.8, 4) is 0 Å². The molecule has 0 radical (unpaired) electrons. The largest absolute Gasteiger partial charge is 0.313 e. The maximum Gasteiger partial charge on any atom is 0.0352 e. The van der Waals surface area contributed by atoms with Gasteiger partial charge < -0.3 is 5.32 Å². The Labute approximate surface area is 128 Å². The van der Waals surface area contributed by atoms with Crippen LogP contribution >= 0.6 is 0 Å². The molecule has 0 amide bonds. The van der Waals surface area contributed by atoms with E-state index in [2.05, 4.69) is 55.5 Å². The predicted octanol–water partition coefficient (Wildman–Crippen LogP) is 4.71. The molecule has 0 saturated heterocycles. The third-order valence-corrected chi connectivity index (χ3v) is 5.22. The second kappa shape index (κ2) is 5.76. The first-order chi connectivity index (χ1) is 10.1. The van der Waals surface area contributed by atoms with Crippen molar-refractivity contribution < 1.29 is 0 Å². The van der Waals surface area contributed by atoms with E-state index in [9.17, 15) is 0 Å². The Morgan fingerprint density at radius 2 is 1.95 bits per heavy atom. The first-order valence-corrected chi connectivity index (χ1v) is 8.11. The van der Waals surface area contributed by atoms with E-state index < -0.39 is 0 Å². The third-order valence-electron chi connectivity index (χ3n) is 5.22. The van der Waals surface area contributed by atoms with E-state index in [1.807, 2.05) is 12.4 Å². The number of nitrogens with one attached hydrogen (secondary N) is 1. The van der Waals surface area contributed by atoms with Crippen LogP contribution in [0.25, 0.3) is 10.8 Å². The fourth-order valence-corrected chi connectivity index (χ4v) is 3.82. The van der Waals surface area contributed by atoms with Gasteiger partial charge in [-0.25, -0.2) is 0 Å². The zero-order valence-electron chi connectivity index (χ0n) is 13.4. The fourth-order valence-electron chi connectivity index (χ4n) is 3.82. The minimum atomic E-state index is 0.451. The Morgan fingerprint density at radius 1 is 1.19 bits per heavy atom. The van der Waals surface area contributed by atoms with Gasteiger partial charge in [0.1, 0.15) is 0 Å². The Balaban J connectivity index is 1.92. The summed E-state index contributed by atoms with van der Waals surface area (Å²) in [6.45, 7) is 4.81. The number of aromatic nitrogens is 1. The van der Waals surface area contributed by atoms with Crippen LogP contribution in [0.1, 0.15) is 51.1 Å². The van der Waals surface area contributed by atoms with Crippen LogP contribution in [-0.4, -0.2) is 12.0 Å². The summed E-state index contributed by atoms with van der Waals surface area (Å²) >= 11 is 0. The smallest absolute Gasteiger partial charge is 0.0352 e. The zero-order valence-corrected chi connectivity index (χ0v) is 13.4. The lowest BCUT2D eigenvalue weighted by Gasteiger charge is -2.38. The van der Waals surface area contributed by atoms with E-state index in [4.69, 9.17) is 0 Å². The topological polar surface area (TPSA) is 24.9 Å². The number of nitrogens with zero attached hydrogens (tertiary/aromatic N) is 1. The average molecular weight is 282 g/mol. The van der Waals surface area contributed by atoms with Crippen molar-refractivity contribution in [3.63, 3.8) is 0 Å². The lowest BCUT2D eigenvalue weighted by atomic mass is 9.70. The highest BCUT2D eigenvalue weighted by molar-refractivity contribution is 5.85. The van der Waals surface area contributed by atoms with Crippen LogP contribution in [0, 0.1) is 11.3 Å². The molecule has 0 spiro atoms. The summed E-state index contributed by atoms with van der Waals surface area (Å²) in [5.41, 5.74) is 1.96. The molecule has 1 N–H and O–H groups in total. The number of rotatable bonds is 3. The summed E-state index contributed by atoms with van der Waals surface area (Å²) in [5.74, 6) is 0.738. The van der Waals surface area contributed by atoms with Gasteiger partial charge >= 0.3 is 0 Å². The van der Waals surface area contributed by atoms with Gasteiger partial charge in [0.15, 0.2) is 0 Å². The maximum atomic E-state index is 4.25. The first kappa shape index (κ1) is 14.5. The number of benzene rings is 1. The van der Waals surface area contributed by atoms with Gasteiger partial charge in [-0.05, 0) is 61.1 Å². The van der Waals surface area contributed by atoms with Gasteiger partial charge in [-0.15, -0.1) is 0 Å². The molecule has 1 heterocycles. The summed E-state index contributed by atoms with van der Waals surface area (Å²) in [6, 6.07) is 9.21. The molecule has 1 unspecified atom stereocenters. The SMILES string of the molecule is CNC(c1cccc2cnccc12)C1CCC(C)(C)CC1. The van der Waals surface area contributed by atoms with Crippen molar-refractivity contribution in [3.05, 3.63) is 42.2 Å². The lowest BCUT2D eigenvalue weighted by Crippen LogP contribution is -2.31. The summed E-state index contributed by atoms with van der Waals surface area (Å²) in [4.78, 5) is 4.25. The normalized spacial score (nSPS) is 20.5. The highest BCUT2D eigenvalue weighted by Gasteiger charge is 2.31. The van der Waals surface area contributed by atoms with Crippen LogP contribution in [0.15, 0.2) is 36.7 Å². The quantitative estimate of drug-likeness (QED) is 0.881. The van der Waals surface area contributed by atoms with Crippen molar-refractivity contribution in [2.75, 3.05) is 7.05 Å². The molecule has 2 heteroatoms. The van der Waals surface area contributed by atoms with Crippen LogP contribution in [-0.2, 0) is 0 Å². The minimum Gasteiger partial charge on any atom is -0.313 e. The highest BCUT2D eigenvalue weighted by atomic mass is 14.9. The van der Waals surface area contributed by atoms with Crippen LogP contribution in [0.4, 0.5) is 0 Å². The van der Waals surface area contributed by atoms with Crippen molar-refractivity contribution in [1.82, 2.24) is 10.3 Å². The molecular formula is C19H26N2. The Morgan fingerprint density at radius 3 is 2.67 bits per heavy atom. The summed E-state index contributed by atoms with van der Waals surface area (Å²) < 4.78 is 0. The Kier molecular flexibility index (Phi) is 3.99. The second-order valence-corrected chi connectivity index (χ2v) is 7.21. The molecule has 1 aromatic carbocycles. The lowest BCUT2D eigenvalue weighted by molar-refractivity contribution is 0.165. The van der Waals surface area contributed by atoms with Gasteiger partial charge in [0.25, 0.3) is 0 Å². The molecule has 3 rings (SSSR count). The first-order valence-electron chi connectivity index (χ1n) is 8.11. The molecule has 0 bridgehead atoms. The molecule has 1 aliphatic rings. The highest BCUT2D eigenvalue weighted by Crippen LogP contribution is 2.43. The number of hydrogen-bond acceptors (Lipinski definition) is 2. The standard InChI is InChI=1S/C19H26N2/c1-19(2)10-7-14(8-11-19)18(20-3)17-6-4-5-15-13-21-12-9-16(15)17/h4-6,9,12-14,18,20H,7-8,10-11H2,1-3H3. The van der Waals surface area contributed by atoms with Crippen LogP contribution < -0.4 is 5.32 Å². The molecule has 2 nitrogen and oxygen atoms in total. The van der Waals surface area contributed by atoms with E-state index >= 15 is 0 Å². The van der Waals surface area contributed by atoms with E-state index in [1.54, 1.807) is 0 Å². The Bertz CT molecular complexity index is 602. The van der Waals surface area contributed by atoms with Crippen LogP contribution in [0.3, 0.4) is 0 Å². The van der Waals surface area contributed by atoms with Gasteiger partial charge in [0.05, 0.1) is 0 Å². The molecule has 1 fully saturated rings. The molecule has 0 aliphatic heterocycles. The van der Waals surface area contributed by atoms with E-state index in [1.165, 1.54) is 42.0 Å². The monoisotopic (exact) mass is 282 g/mol. The van der Waals surface area contributed by atoms with Gasteiger partial charge in [-0.3, -0.25) is 4.98 Å². The molecule has 2 aromatic rings. The van der Waals surface area contributed by atoms with Gasteiger partial charge in [0.2, 0.25) is 0 Å². The molecule has 1 atom stereocenters. The van der Waals surface area contributed by atoms with Crippen molar-refractivity contribution in [2.24, 2.45) is 11.3 Å². The molecule has 1 aliphatic carbocycles. The van der Waals surface area contributed by atoms with Gasteiger partial charge in [-0.2, -0.15) is 0 Å². The van der Waals surface area contributed by atoms with Crippen LogP contribution in [0.5, 0.6) is 0 Å². The average Bonchev–Trinajstić information content (AvgIpc) is 2.50. The Hall–Kier alpha value is -1.41. The summed E-state index contributed by atoms with van der Waals surface area (Å²) in [6.07, 6.45) is 9.18. The molecule has 112 valence electrons. The maximum absolute atomic E-state index is 4.25. The number of pyridine rings is 1. The predicted molar refractivity (Wildman–Crippen MR) is 89.3 cm³/mol. The van der Waals surface area contributed by atoms with Crippen LogP contribution in [0.2, 0.25) is 0 Å². The van der Waals surface area contributed by atoms with Crippen molar-refractivity contribution in [2.45, 2.75) is 45.6 Å². The fraction of sp³-hybridized carbons (Fsp3) is 0.526. The van der Waals surface area contributed by atoms with E-state index in [0.717, 1.165) is 5.92 Å². The van der Waals surface area contributed by atoms with Crippen molar-refractivity contribution >= 4 is 10.8 Å². The number of fused-ring (bicyclic) bond motifs is 1. The molecule has 21 heavy (non-hydrogen) atoms. The van der Waals surface area contributed by atoms with Gasteiger partial charge in [-0.1, -0.05) is 32.0 Å². The summed E-state index contributed by atoms with van der Waals surface area (Å²) in [5, 5.41) is 6.17. The molecule has 1 aromatic heterocycles.